The Bertz CT molecular complexity index is 362. The minimum Gasteiger partial charge on any atom is -0.103 e. The van der Waals surface area contributed by atoms with Crippen LogP contribution in [-0.4, -0.2) is 0 Å². The van der Waals surface area contributed by atoms with E-state index in [1.165, 1.54) is 24.0 Å². The summed E-state index contributed by atoms with van der Waals surface area (Å²) in [6.45, 7) is 23.8. The Balaban J connectivity index is 3.22. The first-order chi connectivity index (χ1) is 7.61. The van der Waals surface area contributed by atoms with E-state index in [-0.39, 0.29) is 16.2 Å². The quantitative estimate of drug-likeness (QED) is 0.561. The summed E-state index contributed by atoms with van der Waals surface area (Å²) in [5.41, 5.74) is 3.10. The first-order valence-electron chi connectivity index (χ1n) is 6.57. The molecule has 0 N–H and O–H groups in total. The molecule has 1 saturated carbocycles. The third kappa shape index (κ3) is 2.03. The van der Waals surface area contributed by atoms with Gasteiger partial charge in [0, 0.05) is 0 Å². The molecule has 3 atom stereocenters. The predicted molar refractivity (Wildman–Crippen MR) is 78.0 cm³/mol. The summed E-state index contributed by atoms with van der Waals surface area (Å²) < 4.78 is 0. The predicted octanol–water partition coefficient (Wildman–Crippen LogP) is 5.53. The van der Waals surface area contributed by atoms with Gasteiger partial charge in [0.15, 0.2) is 0 Å². The normalized spacial score (nSPS) is 41.9. The highest BCUT2D eigenvalue weighted by atomic mass is 14.5. The molecular formula is C17H28. The number of rotatable bonds is 3. The molecule has 0 radical (unpaired) electrons. The topological polar surface area (TPSA) is 0 Å². The Morgan fingerprint density at radius 1 is 1.00 bits per heavy atom. The lowest BCUT2D eigenvalue weighted by Gasteiger charge is -2.56. The van der Waals surface area contributed by atoms with Crippen molar-refractivity contribution >= 4 is 0 Å². The van der Waals surface area contributed by atoms with Crippen molar-refractivity contribution in [1.82, 2.24) is 0 Å². The number of hydrogen-bond donors (Lipinski definition) is 0. The molecule has 17 heavy (non-hydrogen) atoms. The highest BCUT2D eigenvalue weighted by Gasteiger charge is 2.51. The molecule has 0 spiro atoms. The van der Waals surface area contributed by atoms with Gasteiger partial charge < -0.3 is 0 Å². The van der Waals surface area contributed by atoms with Crippen LogP contribution in [-0.2, 0) is 0 Å². The molecule has 0 unspecified atom stereocenters. The van der Waals surface area contributed by atoms with E-state index in [2.05, 4.69) is 60.4 Å². The van der Waals surface area contributed by atoms with Crippen molar-refractivity contribution in [1.29, 1.82) is 0 Å². The van der Waals surface area contributed by atoms with Crippen molar-refractivity contribution in [3.8, 4) is 0 Å². The lowest BCUT2D eigenvalue weighted by atomic mass is 9.48. The van der Waals surface area contributed by atoms with Crippen LogP contribution in [0.4, 0.5) is 0 Å². The third-order valence-corrected chi connectivity index (χ3v) is 5.62. The standard InChI is InChI=1S/C17H28/c1-9-16(7)11-10-15(6,13(2)3)12-17(16,8)14(4)5/h9H,1-2,4,10-12H2,3,5-8H3/t15-,16-,17+/m1/s1. The summed E-state index contributed by atoms with van der Waals surface area (Å²) in [5, 5.41) is 0. The average molecular weight is 232 g/mol. The molecule has 0 heterocycles. The van der Waals surface area contributed by atoms with Gasteiger partial charge in [-0.05, 0) is 49.4 Å². The monoisotopic (exact) mass is 232 g/mol. The zero-order chi connectivity index (χ0) is 13.5. The summed E-state index contributed by atoms with van der Waals surface area (Å²) in [6, 6.07) is 0. The van der Waals surface area contributed by atoms with E-state index in [1.807, 2.05) is 0 Å². The Morgan fingerprint density at radius 3 is 1.88 bits per heavy atom. The summed E-state index contributed by atoms with van der Waals surface area (Å²) in [7, 11) is 0. The third-order valence-electron chi connectivity index (χ3n) is 5.62. The van der Waals surface area contributed by atoms with E-state index in [4.69, 9.17) is 0 Å². The van der Waals surface area contributed by atoms with Crippen molar-refractivity contribution in [2.45, 2.75) is 53.9 Å². The van der Waals surface area contributed by atoms with Crippen LogP contribution in [0.15, 0.2) is 37.0 Å². The van der Waals surface area contributed by atoms with Gasteiger partial charge in [0.05, 0.1) is 0 Å². The summed E-state index contributed by atoms with van der Waals surface area (Å²) >= 11 is 0. The Morgan fingerprint density at radius 2 is 1.53 bits per heavy atom. The van der Waals surface area contributed by atoms with Crippen molar-refractivity contribution in [3.05, 3.63) is 37.0 Å². The highest BCUT2D eigenvalue weighted by Crippen LogP contribution is 2.61. The van der Waals surface area contributed by atoms with Crippen LogP contribution in [0.1, 0.15) is 53.9 Å². The molecule has 1 aliphatic rings. The fourth-order valence-electron chi connectivity index (χ4n) is 3.21. The molecule has 0 bridgehead atoms. The largest absolute Gasteiger partial charge is 0.103 e. The molecule has 0 nitrogen and oxygen atoms in total. The molecule has 96 valence electrons. The maximum Gasteiger partial charge on any atom is -0.00254 e. The lowest BCUT2D eigenvalue weighted by molar-refractivity contribution is 0.0312. The van der Waals surface area contributed by atoms with E-state index < -0.39 is 0 Å². The zero-order valence-electron chi connectivity index (χ0n) is 12.3. The molecule has 0 saturated heterocycles. The Labute approximate surface area is 108 Å². The van der Waals surface area contributed by atoms with Gasteiger partial charge in [0.2, 0.25) is 0 Å². The number of allylic oxidation sites excluding steroid dienone is 3. The first-order valence-corrected chi connectivity index (χ1v) is 6.57. The smallest absolute Gasteiger partial charge is 0.00254 e. The van der Waals surface area contributed by atoms with Gasteiger partial charge >= 0.3 is 0 Å². The second-order valence-corrected chi connectivity index (χ2v) is 6.75. The zero-order valence-corrected chi connectivity index (χ0v) is 12.3. The Hall–Kier alpha value is -0.780. The van der Waals surface area contributed by atoms with Crippen molar-refractivity contribution < 1.29 is 0 Å². The van der Waals surface area contributed by atoms with Gasteiger partial charge in [-0.2, -0.15) is 0 Å². The summed E-state index contributed by atoms with van der Waals surface area (Å²) in [6.07, 6.45) is 5.64. The highest BCUT2D eigenvalue weighted by molar-refractivity contribution is 5.24. The van der Waals surface area contributed by atoms with Gasteiger partial charge in [-0.25, -0.2) is 0 Å². The fraction of sp³-hybridized carbons (Fsp3) is 0.647. The van der Waals surface area contributed by atoms with E-state index in [0.717, 1.165) is 6.42 Å². The van der Waals surface area contributed by atoms with Gasteiger partial charge in [-0.3, -0.25) is 0 Å². The van der Waals surface area contributed by atoms with Gasteiger partial charge in [-0.15, -0.1) is 6.58 Å². The molecule has 0 aliphatic heterocycles. The van der Waals surface area contributed by atoms with E-state index in [0.29, 0.717) is 0 Å². The molecule has 0 heteroatoms. The summed E-state index contributed by atoms with van der Waals surface area (Å²) in [4.78, 5) is 0. The van der Waals surface area contributed by atoms with Crippen LogP contribution >= 0.6 is 0 Å². The maximum atomic E-state index is 4.24. The van der Waals surface area contributed by atoms with Crippen LogP contribution in [0.2, 0.25) is 0 Å². The first kappa shape index (κ1) is 14.3. The Kier molecular flexibility index (Phi) is 3.49. The van der Waals surface area contributed by atoms with Crippen molar-refractivity contribution in [2.75, 3.05) is 0 Å². The summed E-state index contributed by atoms with van der Waals surface area (Å²) in [5.74, 6) is 0. The minimum atomic E-state index is 0.126. The molecular weight excluding hydrogens is 204 g/mol. The fourth-order valence-corrected chi connectivity index (χ4v) is 3.21. The van der Waals surface area contributed by atoms with Gasteiger partial charge in [0.25, 0.3) is 0 Å². The van der Waals surface area contributed by atoms with E-state index in [9.17, 15) is 0 Å². The van der Waals surface area contributed by atoms with Crippen LogP contribution in [0, 0.1) is 16.2 Å². The SMILES string of the molecule is C=C[C@]1(C)CC[C@@](C)(C(=C)C)C[C@@]1(C)C(=C)C. The molecule has 1 aliphatic carbocycles. The molecule has 1 fully saturated rings. The number of hydrogen-bond acceptors (Lipinski definition) is 0. The molecule has 1 rings (SSSR count). The van der Waals surface area contributed by atoms with Crippen LogP contribution in [0.5, 0.6) is 0 Å². The van der Waals surface area contributed by atoms with E-state index >= 15 is 0 Å². The second kappa shape index (κ2) is 4.15. The van der Waals surface area contributed by atoms with Crippen LogP contribution < -0.4 is 0 Å². The molecule has 0 aromatic heterocycles. The van der Waals surface area contributed by atoms with E-state index in [1.54, 1.807) is 0 Å². The average Bonchev–Trinajstić information content (AvgIpc) is 2.24. The molecule has 0 amide bonds. The van der Waals surface area contributed by atoms with Crippen LogP contribution in [0.3, 0.4) is 0 Å². The van der Waals surface area contributed by atoms with Crippen molar-refractivity contribution in [3.63, 3.8) is 0 Å². The van der Waals surface area contributed by atoms with Crippen molar-refractivity contribution in [2.24, 2.45) is 16.2 Å². The second-order valence-electron chi connectivity index (χ2n) is 6.75. The molecule has 0 aromatic carbocycles. The lowest BCUT2D eigenvalue weighted by Crippen LogP contribution is -2.46. The maximum absolute atomic E-state index is 4.24. The molecule has 0 aromatic rings. The minimum absolute atomic E-state index is 0.126. The van der Waals surface area contributed by atoms with Crippen LogP contribution in [0.25, 0.3) is 0 Å². The van der Waals surface area contributed by atoms with Gasteiger partial charge in [-0.1, -0.05) is 51.2 Å². The van der Waals surface area contributed by atoms with Gasteiger partial charge in [0.1, 0.15) is 0 Å².